The van der Waals surface area contributed by atoms with E-state index in [0.29, 0.717) is 18.7 Å². The number of fused-ring (bicyclic) bond motifs is 1. The van der Waals surface area contributed by atoms with Crippen molar-refractivity contribution in [2.75, 3.05) is 19.5 Å². The molecule has 1 aliphatic rings. The minimum atomic E-state index is 0.476. The molecule has 0 bridgehead atoms. The summed E-state index contributed by atoms with van der Waals surface area (Å²) in [6, 6.07) is 13.4. The molecule has 5 nitrogen and oxygen atoms in total. The molecule has 0 atom stereocenters. The molecule has 1 aromatic heterocycles. The summed E-state index contributed by atoms with van der Waals surface area (Å²) in [7, 11) is 3.37. The van der Waals surface area contributed by atoms with Crippen LogP contribution in [0.5, 0.6) is 5.75 Å². The van der Waals surface area contributed by atoms with Gasteiger partial charge in [0.1, 0.15) is 11.3 Å². The second kappa shape index (κ2) is 8.01. The summed E-state index contributed by atoms with van der Waals surface area (Å²) in [4.78, 5) is 4.65. The average molecular weight is 366 g/mol. The summed E-state index contributed by atoms with van der Waals surface area (Å²) in [5.74, 6) is 0.828. The minimum absolute atomic E-state index is 0.476. The van der Waals surface area contributed by atoms with Gasteiger partial charge in [-0.1, -0.05) is 37.5 Å². The molecule has 0 aliphatic heterocycles. The quantitative estimate of drug-likeness (QED) is 0.633. The van der Waals surface area contributed by atoms with Crippen molar-refractivity contribution in [1.82, 2.24) is 4.98 Å². The lowest BCUT2D eigenvalue weighted by Gasteiger charge is -2.21. The maximum Gasteiger partial charge on any atom is 0.295 e. The molecule has 1 heterocycles. The average Bonchev–Trinajstić information content (AvgIpc) is 3.10. The Labute approximate surface area is 159 Å². The van der Waals surface area contributed by atoms with Crippen molar-refractivity contribution < 1.29 is 13.9 Å². The molecular weight excluding hydrogens is 340 g/mol. The SMILES string of the molecule is COCc1ccc(-c2ccc3oc(NC4CCCCC4)nc3c2)cc1OC. The van der Waals surface area contributed by atoms with E-state index in [1.165, 1.54) is 32.1 Å². The van der Waals surface area contributed by atoms with Crippen LogP contribution in [0.1, 0.15) is 37.7 Å². The van der Waals surface area contributed by atoms with Crippen molar-refractivity contribution in [3.63, 3.8) is 0 Å². The predicted octanol–water partition coefficient (Wildman–Crippen LogP) is 5.39. The number of methoxy groups -OCH3 is 2. The summed E-state index contributed by atoms with van der Waals surface area (Å²) in [6.07, 6.45) is 6.28. The molecule has 0 saturated heterocycles. The van der Waals surface area contributed by atoms with E-state index in [2.05, 4.69) is 28.5 Å². The van der Waals surface area contributed by atoms with Crippen LogP contribution in [0.15, 0.2) is 40.8 Å². The molecular formula is C22H26N2O3. The molecule has 0 amide bonds. The summed E-state index contributed by atoms with van der Waals surface area (Å²) in [5.41, 5.74) is 4.87. The monoisotopic (exact) mass is 366 g/mol. The first-order valence-corrected chi connectivity index (χ1v) is 9.60. The molecule has 0 radical (unpaired) electrons. The van der Waals surface area contributed by atoms with Crippen LogP contribution in [0.2, 0.25) is 0 Å². The summed E-state index contributed by atoms with van der Waals surface area (Å²) < 4.78 is 16.6. The van der Waals surface area contributed by atoms with Gasteiger partial charge in [0.2, 0.25) is 0 Å². The minimum Gasteiger partial charge on any atom is -0.496 e. The largest absolute Gasteiger partial charge is 0.496 e. The van der Waals surface area contributed by atoms with Gasteiger partial charge in [-0.2, -0.15) is 4.98 Å². The van der Waals surface area contributed by atoms with Gasteiger partial charge in [-0.25, -0.2) is 0 Å². The Kier molecular flexibility index (Phi) is 5.30. The molecule has 27 heavy (non-hydrogen) atoms. The molecule has 1 saturated carbocycles. The van der Waals surface area contributed by atoms with Gasteiger partial charge in [-0.05, 0) is 42.2 Å². The normalized spacial score (nSPS) is 15.2. The number of hydrogen-bond donors (Lipinski definition) is 1. The first-order valence-electron chi connectivity index (χ1n) is 9.60. The first-order chi connectivity index (χ1) is 13.3. The van der Waals surface area contributed by atoms with Gasteiger partial charge in [-0.15, -0.1) is 0 Å². The van der Waals surface area contributed by atoms with E-state index in [1.807, 2.05) is 18.2 Å². The van der Waals surface area contributed by atoms with Gasteiger partial charge in [0.25, 0.3) is 6.01 Å². The van der Waals surface area contributed by atoms with Crippen LogP contribution in [0, 0.1) is 0 Å². The van der Waals surface area contributed by atoms with Crippen LogP contribution in [0.3, 0.4) is 0 Å². The lowest BCUT2D eigenvalue weighted by molar-refractivity contribution is 0.181. The van der Waals surface area contributed by atoms with Crippen molar-refractivity contribution in [3.8, 4) is 16.9 Å². The number of aromatic nitrogens is 1. The number of benzene rings is 2. The molecule has 2 aromatic carbocycles. The second-order valence-corrected chi connectivity index (χ2v) is 7.14. The highest BCUT2D eigenvalue weighted by Gasteiger charge is 2.16. The third-order valence-electron chi connectivity index (χ3n) is 5.24. The molecule has 5 heteroatoms. The molecule has 0 spiro atoms. The lowest BCUT2D eigenvalue weighted by atomic mass is 9.96. The molecule has 4 rings (SSSR count). The lowest BCUT2D eigenvalue weighted by Crippen LogP contribution is -2.22. The van der Waals surface area contributed by atoms with E-state index in [1.54, 1.807) is 14.2 Å². The third-order valence-corrected chi connectivity index (χ3v) is 5.24. The summed E-state index contributed by atoms with van der Waals surface area (Å²) in [6.45, 7) is 0.530. The van der Waals surface area contributed by atoms with Gasteiger partial charge < -0.3 is 19.2 Å². The topological polar surface area (TPSA) is 56.5 Å². The fourth-order valence-corrected chi connectivity index (χ4v) is 3.79. The van der Waals surface area contributed by atoms with E-state index in [4.69, 9.17) is 13.9 Å². The van der Waals surface area contributed by atoms with E-state index in [9.17, 15) is 0 Å². The molecule has 3 aromatic rings. The molecule has 0 unspecified atom stereocenters. The van der Waals surface area contributed by atoms with Crippen LogP contribution >= 0.6 is 0 Å². The van der Waals surface area contributed by atoms with Gasteiger partial charge in [-0.3, -0.25) is 0 Å². The van der Waals surface area contributed by atoms with Crippen molar-refractivity contribution >= 4 is 17.1 Å². The van der Waals surface area contributed by atoms with E-state index in [-0.39, 0.29) is 0 Å². The Bertz CT molecular complexity index is 913. The number of nitrogens with one attached hydrogen (secondary N) is 1. The highest BCUT2D eigenvalue weighted by atomic mass is 16.5. The van der Waals surface area contributed by atoms with Crippen LogP contribution in [0.25, 0.3) is 22.2 Å². The van der Waals surface area contributed by atoms with Crippen LogP contribution in [-0.4, -0.2) is 25.2 Å². The molecule has 1 aliphatic carbocycles. The molecule has 1 N–H and O–H groups in total. The third kappa shape index (κ3) is 3.93. The van der Waals surface area contributed by atoms with Crippen LogP contribution in [-0.2, 0) is 11.3 Å². The number of rotatable bonds is 6. The highest BCUT2D eigenvalue weighted by Crippen LogP contribution is 2.31. The second-order valence-electron chi connectivity index (χ2n) is 7.14. The fraction of sp³-hybridized carbons (Fsp3) is 0.409. The van der Waals surface area contributed by atoms with E-state index >= 15 is 0 Å². The van der Waals surface area contributed by atoms with Crippen LogP contribution in [0.4, 0.5) is 6.01 Å². The zero-order valence-corrected chi connectivity index (χ0v) is 16.0. The predicted molar refractivity (Wildman–Crippen MR) is 107 cm³/mol. The van der Waals surface area contributed by atoms with Gasteiger partial charge in [0, 0.05) is 18.7 Å². The Morgan fingerprint density at radius 3 is 2.59 bits per heavy atom. The van der Waals surface area contributed by atoms with Crippen molar-refractivity contribution in [2.24, 2.45) is 0 Å². The smallest absolute Gasteiger partial charge is 0.295 e. The van der Waals surface area contributed by atoms with Gasteiger partial charge in [0.05, 0.1) is 13.7 Å². The van der Waals surface area contributed by atoms with Gasteiger partial charge >= 0.3 is 0 Å². The fourth-order valence-electron chi connectivity index (χ4n) is 3.79. The number of nitrogens with zero attached hydrogens (tertiary/aromatic N) is 1. The molecule has 1 fully saturated rings. The van der Waals surface area contributed by atoms with Crippen LogP contribution < -0.4 is 10.1 Å². The Balaban J connectivity index is 1.59. The van der Waals surface area contributed by atoms with E-state index < -0.39 is 0 Å². The zero-order chi connectivity index (χ0) is 18.6. The number of hydrogen-bond acceptors (Lipinski definition) is 5. The Morgan fingerprint density at radius 2 is 1.81 bits per heavy atom. The standard InChI is InChI=1S/C22H26N2O3/c1-25-14-17-9-8-16(13-21(17)26-2)15-10-11-20-19(12-15)24-22(27-20)23-18-6-4-3-5-7-18/h8-13,18H,3-7,14H2,1-2H3,(H,23,24). The van der Waals surface area contributed by atoms with Crippen molar-refractivity contribution in [2.45, 2.75) is 44.8 Å². The van der Waals surface area contributed by atoms with E-state index in [0.717, 1.165) is 33.5 Å². The molecule has 142 valence electrons. The maximum atomic E-state index is 5.89. The highest BCUT2D eigenvalue weighted by molar-refractivity contribution is 5.82. The Hall–Kier alpha value is -2.53. The number of ether oxygens (including phenoxy) is 2. The number of oxazole rings is 1. The van der Waals surface area contributed by atoms with Gasteiger partial charge in [0.15, 0.2) is 5.58 Å². The number of anilines is 1. The maximum absolute atomic E-state index is 5.89. The Morgan fingerprint density at radius 1 is 1.04 bits per heavy atom. The van der Waals surface area contributed by atoms with Crippen molar-refractivity contribution in [3.05, 3.63) is 42.0 Å². The summed E-state index contributed by atoms with van der Waals surface area (Å²) >= 11 is 0. The summed E-state index contributed by atoms with van der Waals surface area (Å²) in [5, 5.41) is 3.46. The van der Waals surface area contributed by atoms with Crippen molar-refractivity contribution in [1.29, 1.82) is 0 Å². The first kappa shape index (κ1) is 17.9. The zero-order valence-electron chi connectivity index (χ0n) is 16.0.